The molecule has 1 aromatic carbocycles. The summed E-state index contributed by atoms with van der Waals surface area (Å²) >= 11 is 5.85. The van der Waals surface area contributed by atoms with Crippen LogP contribution in [0.15, 0.2) is 23.1 Å². The molecule has 0 heterocycles. The Labute approximate surface area is 90.9 Å². The van der Waals surface area contributed by atoms with Crippen molar-refractivity contribution < 1.29 is 4.21 Å². The largest absolute Gasteiger partial charge is 0.398 e. The Kier molecular flexibility index (Phi) is 2.79. The van der Waals surface area contributed by atoms with Crippen LogP contribution in [0.5, 0.6) is 0 Å². The van der Waals surface area contributed by atoms with Gasteiger partial charge in [0.1, 0.15) is 0 Å². The number of benzene rings is 1. The zero-order valence-corrected chi connectivity index (χ0v) is 9.27. The van der Waals surface area contributed by atoms with Gasteiger partial charge in [-0.2, -0.15) is 0 Å². The fraction of sp³-hybridized carbons (Fsp3) is 0.400. The zero-order chi connectivity index (χ0) is 10.1. The van der Waals surface area contributed by atoms with Gasteiger partial charge < -0.3 is 5.73 Å². The van der Waals surface area contributed by atoms with Gasteiger partial charge in [0.25, 0.3) is 0 Å². The lowest BCUT2D eigenvalue weighted by Gasteiger charge is -2.03. The average molecular weight is 230 g/mol. The summed E-state index contributed by atoms with van der Waals surface area (Å²) in [6, 6.07) is 5.21. The maximum Gasteiger partial charge on any atom is 0.0647 e. The standard InChI is InChI=1S/C10H12ClNOS/c11-9-5-8(3-4-10(9)12)14(13)6-7-1-2-7/h3-5,7H,1-2,6,12H2. The molecule has 1 aliphatic carbocycles. The number of anilines is 1. The molecular weight excluding hydrogens is 218 g/mol. The summed E-state index contributed by atoms with van der Waals surface area (Å²) < 4.78 is 11.8. The molecule has 1 unspecified atom stereocenters. The highest BCUT2D eigenvalue weighted by atomic mass is 35.5. The van der Waals surface area contributed by atoms with Crippen LogP contribution in [0.1, 0.15) is 12.8 Å². The van der Waals surface area contributed by atoms with Gasteiger partial charge in [-0.25, -0.2) is 0 Å². The second-order valence-electron chi connectivity index (χ2n) is 3.64. The number of halogens is 1. The molecular formula is C10H12ClNOS. The molecule has 1 aromatic rings. The summed E-state index contributed by atoms with van der Waals surface area (Å²) in [6.07, 6.45) is 2.43. The molecule has 1 atom stereocenters. The van der Waals surface area contributed by atoms with Crippen molar-refractivity contribution >= 4 is 28.1 Å². The number of hydrogen-bond acceptors (Lipinski definition) is 2. The first-order valence-electron chi connectivity index (χ1n) is 4.60. The van der Waals surface area contributed by atoms with Crippen molar-refractivity contribution in [2.75, 3.05) is 11.5 Å². The van der Waals surface area contributed by atoms with Crippen LogP contribution in [-0.2, 0) is 10.8 Å². The SMILES string of the molecule is Nc1ccc(S(=O)CC2CC2)cc1Cl. The van der Waals surface area contributed by atoms with Crippen molar-refractivity contribution in [2.24, 2.45) is 5.92 Å². The highest BCUT2D eigenvalue weighted by Gasteiger charge is 2.24. The molecule has 1 saturated carbocycles. The van der Waals surface area contributed by atoms with E-state index in [1.54, 1.807) is 18.2 Å². The van der Waals surface area contributed by atoms with Crippen molar-refractivity contribution in [1.82, 2.24) is 0 Å². The van der Waals surface area contributed by atoms with Crippen molar-refractivity contribution in [2.45, 2.75) is 17.7 Å². The highest BCUT2D eigenvalue weighted by molar-refractivity contribution is 7.85. The van der Waals surface area contributed by atoms with Crippen LogP contribution in [0.2, 0.25) is 5.02 Å². The fourth-order valence-electron chi connectivity index (χ4n) is 1.24. The highest BCUT2D eigenvalue weighted by Crippen LogP contribution is 2.31. The summed E-state index contributed by atoms with van der Waals surface area (Å²) in [5.74, 6) is 1.42. The summed E-state index contributed by atoms with van der Waals surface area (Å²) in [5.41, 5.74) is 6.11. The molecule has 0 aromatic heterocycles. The molecule has 0 aliphatic heterocycles. The van der Waals surface area contributed by atoms with Crippen LogP contribution in [-0.4, -0.2) is 9.96 Å². The molecule has 0 spiro atoms. The van der Waals surface area contributed by atoms with Gasteiger partial charge in [-0.1, -0.05) is 11.6 Å². The molecule has 2 N–H and O–H groups in total. The third kappa shape index (κ3) is 2.28. The second-order valence-corrected chi connectivity index (χ2v) is 5.54. The minimum atomic E-state index is -0.910. The van der Waals surface area contributed by atoms with E-state index in [0.29, 0.717) is 16.6 Å². The van der Waals surface area contributed by atoms with Gasteiger partial charge in [-0.15, -0.1) is 0 Å². The van der Waals surface area contributed by atoms with Crippen molar-refractivity contribution in [3.05, 3.63) is 23.2 Å². The Morgan fingerprint density at radius 1 is 1.50 bits per heavy atom. The number of nitrogen functional groups attached to an aromatic ring is 1. The van der Waals surface area contributed by atoms with Gasteiger partial charge in [0.05, 0.1) is 21.5 Å². The van der Waals surface area contributed by atoms with E-state index >= 15 is 0 Å². The topological polar surface area (TPSA) is 43.1 Å². The molecule has 1 fully saturated rings. The lowest BCUT2D eigenvalue weighted by atomic mass is 10.3. The van der Waals surface area contributed by atoms with Gasteiger partial charge in [-0.05, 0) is 37.0 Å². The number of rotatable bonds is 3. The van der Waals surface area contributed by atoms with E-state index in [-0.39, 0.29) is 0 Å². The monoisotopic (exact) mass is 229 g/mol. The van der Waals surface area contributed by atoms with Gasteiger partial charge in [-0.3, -0.25) is 4.21 Å². The zero-order valence-electron chi connectivity index (χ0n) is 7.70. The molecule has 2 rings (SSSR count). The minimum Gasteiger partial charge on any atom is -0.398 e. The first-order valence-corrected chi connectivity index (χ1v) is 6.30. The first kappa shape index (κ1) is 9.99. The average Bonchev–Trinajstić information content (AvgIpc) is 2.93. The Hall–Kier alpha value is -0.540. The van der Waals surface area contributed by atoms with Crippen LogP contribution in [0, 0.1) is 5.92 Å². The molecule has 2 nitrogen and oxygen atoms in total. The van der Waals surface area contributed by atoms with Crippen LogP contribution in [0.4, 0.5) is 5.69 Å². The van der Waals surface area contributed by atoms with E-state index < -0.39 is 10.8 Å². The third-order valence-electron chi connectivity index (χ3n) is 2.32. The predicted molar refractivity (Wildman–Crippen MR) is 59.9 cm³/mol. The van der Waals surface area contributed by atoms with E-state index in [9.17, 15) is 4.21 Å². The smallest absolute Gasteiger partial charge is 0.0647 e. The fourth-order valence-corrected chi connectivity index (χ4v) is 2.91. The lowest BCUT2D eigenvalue weighted by molar-refractivity contribution is 0.680. The van der Waals surface area contributed by atoms with E-state index in [1.165, 1.54) is 12.8 Å². The molecule has 4 heteroatoms. The third-order valence-corrected chi connectivity index (χ3v) is 4.20. The summed E-state index contributed by atoms with van der Waals surface area (Å²) in [5, 5.41) is 0.492. The summed E-state index contributed by atoms with van der Waals surface area (Å²) in [6.45, 7) is 0. The molecule has 1 aliphatic rings. The van der Waals surface area contributed by atoms with Gasteiger partial charge in [0.15, 0.2) is 0 Å². The normalized spacial score (nSPS) is 18.1. The van der Waals surface area contributed by atoms with Crippen LogP contribution in [0.3, 0.4) is 0 Å². The van der Waals surface area contributed by atoms with Crippen molar-refractivity contribution in [1.29, 1.82) is 0 Å². The van der Waals surface area contributed by atoms with E-state index in [0.717, 1.165) is 10.6 Å². The quantitative estimate of drug-likeness (QED) is 0.810. The predicted octanol–water partition coefficient (Wildman–Crippen LogP) is 2.44. The Balaban J connectivity index is 2.14. The molecule has 14 heavy (non-hydrogen) atoms. The second kappa shape index (κ2) is 3.91. The van der Waals surface area contributed by atoms with Gasteiger partial charge in [0.2, 0.25) is 0 Å². The maximum atomic E-state index is 11.8. The van der Waals surface area contributed by atoms with Crippen LogP contribution in [0.25, 0.3) is 0 Å². The van der Waals surface area contributed by atoms with Crippen molar-refractivity contribution in [3.8, 4) is 0 Å². The molecule has 0 saturated heterocycles. The number of hydrogen-bond donors (Lipinski definition) is 1. The maximum absolute atomic E-state index is 11.8. The number of nitrogens with two attached hydrogens (primary N) is 1. The van der Waals surface area contributed by atoms with E-state index in [1.807, 2.05) is 0 Å². The Bertz CT molecular complexity index is 376. The minimum absolute atomic E-state index is 0.492. The Morgan fingerprint density at radius 2 is 2.21 bits per heavy atom. The summed E-state index contributed by atoms with van der Waals surface area (Å²) in [4.78, 5) is 0.788. The molecule has 0 bridgehead atoms. The Morgan fingerprint density at radius 3 is 2.79 bits per heavy atom. The van der Waals surface area contributed by atoms with Crippen molar-refractivity contribution in [3.63, 3.8) is 0 Å². The molecule has 0 radical (unpaired) electrons. The van der Waals surface area contributed by atoms with E-state index in [4.69, 9.17) is 17.3 Å². The van der Waals surface area contributed by atoms with Gasteiger partial charge >= 0.3 is 0 Å². The molecule has 76 valence electrons. The molecule has 0 amide bonds. The summed E-state index contributed by atoms with van der Waals surface area (Å²) in [7, 11) is -0.910. The van der Waals surface area contributed by atoms with Gasteiger partial charge in [0, 0.05) is 10.6 Å². The van der Waals surface area contributed by atoms with Crippen LogP contribution < -0.4 is 5.73 Å². The van der Waals surface area contributed by atoms with Crippen LogP contribution >= 0.6 is 11.6 Å². The lowest BCUT2D eigenvalue weighted by Crippen LogP contribution is -2.00. The van der Waals surface area contributed by atoms with E-state index in [2.05, 4.69) is 0 Å². The first-order chi connectivity index (χ1) is 6.66.